The van der Waals surface area contributed by atoms with Gasteiger partial charge in [0, 0.05) is 37.2 Å². The van der Waals surface area contributed by atoms with E-state index in [2.05, 4.69) is 9.62 Å². The maximum atomic E-state index is 11.4. The molecule has 2 fully saturated rings. The highest BCUT2D eigenvalue weighted by Crippen LogP contribution is 2.31. The van der Waals surface area contributed by atoms with Crippen molar-refractivity contribution in [2.24, 2.45) is 11.8 Å². The fourth-order valence-corrected chi connectivity index (χ4v) is 4.05. The molecule has 0 aliphatic carbocycles. The van der Waals surface area contributed by atoms with Gasteiger partial charge in [0.15, 0.2) is 0 Å². The summed E-state index contributed by atoms with van der Waals surface area (Å²) >= 11 is 0. The number of nitrogens with zero attached hydrogens (tertiary/aromatic N) is 1. The Hall–Kier alpha value is -0.890. The maximum Gasteiger partial charge on any atom is 0.209 e. The van der Waals surface area contributed by atoms with Crippen molar-refractivity contribution < 1.29 is 17.6 Å². The lowest BCUT2D eigenvalue weighted by atomic mass is 9.88. The van der Waals surface area contributed by atoms with Crippen LogP contribution in [0.2, 0.25) is 0 Å². The van der Waals surface area contributed by atoms with E-state index in [9.17, 15) is 8.42 Å². The third-order valence-corrected chi connectivity index (χ3v) is 4.80. The van der Waals surface area contributed by atoms with Crippen LogP contribution in [0.3, 0.4) is 0 Å². The third kappa shape index (κ3) is 3.22. The third-order valence-electron chi connectivity index (χ3n) is 4.07. The first-order chi connectivity index (χ1) is 9.51. The first kappa shape index (κ1) is 14.1. The quantitative estimate of drug-likeness (QED) is 0.864. The van der Waals surface area contributed by atoms with Gasteiger partial charge in [0.25, 0.3) is 0 Å². The molecule has 7 heteroatoms. The van der Waals surface area contributed by atoms with E-state index in [0.29, 0.717) is 25.0 Å². The van der Waals surface area contributed by atoms with Crippen molar-refractivity contribution in [3.05, 3.63) is 24.2 Å². The molecule has 0 saturated carbocycles. The van der Waals surface area contributed by atoms with Gasteiger partial charge in [-0.25, -0.2) is 13.1 Å². The Labute approximate surface area is 119 Å². The summed E-state index contributed by atoms with van der Waals surface area (Å²) in [5.41, 5.74) is 1.15. The van der Waals surface area contributed by atoms with Crippen LogP contribution in [-0.2, 0) is 21.3 Å². The molecule has 20 heavy (non-hydrogen) atoms. The summed E-state index contributed by atoms with van der Waals surface area (Å²) in [6.07, 6.45) is 4.63. The Morgan fingerprint density at radius 3 is 2.95 bits per heavy atom. The molecule has 2 saturated heterocycles. The SMILES string of the molecule is CS(=O)(=O)N[C@@H]1COC[C@H]2CN(Cc3ccoc3)C[C@H]21. The standard InChI is InChI=1S/C13H20N2O4S/c1-20(16,17)14-13-9-19-8-11-5-15(6-12(11)13)4-10-2-3-18-7-10/h2-3,7,11-14H,4-6,8-9H2,1H3/t11-,12-,13-/m1/s1. The fourth-order valence-electron chi connectivity index (χ4n) is 3.26. The smallest absolute Gasteiger partial charge is 0.209 e. The molecule has 1 N–H and O–H groups in total. The molecule has 2 aliphatic rings. The summed E-state index contributed by atoms with van der Waals surface area (Å²) in [7, 11) is -3.19. The summed E-state index contributed by atoms with van der Waals surface area (Å²) in [4.78, 5) is 2.34. The van der Waals surface area contributed by atoms with E-state index in [4.69, 9.17) is 9.15 Å². The molecule has 2 aliphatic heterocycles. The topological polar surface area (TPSA) is 71.8 Å². The first-order valence-electron chi connectivity index (χ1n) is 6.80. The van der Waals surface area contributed by atoms with Crippen LogP contribution in [0.15, 0.2) is 23.0 Å². The van der Waals surface area contributed by atoms with Crippen LogP contribution in [0.5, 0.6) is 0 Å². The number of likely N-dealkylation sites (tertiary alicyclic amines) is 1. The molecule has 1 aromatic heterocycles. The number of nitrogens with one attached hydrogen (secondary N) is 1. The van der Waals surface area contributed by atoms with E-state index in [-0.39, 0.29) is 6.04 Å². The average Bonchev–Trinajstić information content (AvgIpc) is 2.97. The van der Waals surface area contributed by atoms with Crippen molar-refractivity contribution in [2.45, 2.75) is 12.6 Å². The van der Waals surface area contributed by atoms with Gasteiger partial charge in [0.2, 0.25) is 10.0 Å². The number of fused-ring (bicyclic) bond motifs is 1. The molecule has 0 unspecified atom stereocenters. The Morgan fingerprint density at radius 1 is 1.40 bits per heavy atom. The van der Waals surface area contributed by atoms with Crippen LogP contribution >= 0.6 is 0 Å². The molecule has 112 valence electrons. The number of hydrogen-bond acceptors (Lipinski definition) is 5. The molecular formula is C13H20N2O4S. The van der Waals surface area contributed by atoms with E-state index < -0.39 is 10.0 Å². The van der Waals surface area contributed by atoms with Crippen LogP contribution in [0.4, 0.5) is 0 Å². The predicted molar refractivity (Wildman–Crippen MR) is 73.6 cm³/mol. The fraction of sp³-hybridized carbons (Fsp3) is 0.692. The van der Waals surface area contributed by atoms with Crippen LogP contribution in [0.1, 0.15) is 5.56 Å². The van der Waals surface area contributed by atoms with E-state index in [1.807, 2.05) is 6.07 Å². The van der Waals surface area contributed by atoms with Gasteiger partial charge in [-0.05, 0) is 12.0 Å². The number of furan rings is 1. The highest BCUT2D eigenvalue weighted by molar-refractivity contribution is 7.88. The van der Waals surface area contributed by atoms with Gasteiger partial charge < -0.3 is 9.15 Å². The normalized spacial score (nSPS) is 31.4. The number of hydrogen-bond donors (Lipinski definition) is 1. The van der Waals surface area contributed by atoms with Crippen LogP contribution in [0, 0.1) is 11.8 Å². The largest absolute Gasteiger partial charge is 0.472 e. The lowest BCUT2D eigenvalue weighted by Gasteiger charge is -2.32. The van der Waals surface area contributed by atoms with Crippen LogP contribution < -0.4 is 4.72 Å². The van der Waals surface area contributed by atoms with Gasteiger partial charge in [0.05, 0.1) is 32.0 Å². The number of rotatable bonds is 4. The minimum absolute atomic E-state index is 0.113. The molecule has 3 rings (SSSR count). The molecule has 0 bridgehead atoms. The number of ether oxygens (including phenoxy) is 1. The maximum absolute atomic E-state index is 11.4. The van der Waals surface area contributed by atoms with E-state index in [0.717, 1.165) is 25.2 Å². The second-order valence-electron chi connectivity index (χ2n) is 5.78. The Morgan fingerprint density at radius 2 is 2.25 bits per heavy atom. The van der Waals surface area contributed by atoms with Gasteiger partial charge in [-0.3, -0.25) is 4.90 Å². The highest BCUT2D eigenvalue weighted by atomic mass is 32.2. The molecule has 6 nitrogen and oxygen atoms in total. The van der Waals surface area contributed by atoms with E-state index in [1.54, 1.807) is 12.5 Å². The lowest BCUT2D eigenvalue weighted by Crippen LogP contribution is -2.49. The summed E-state index contributed by atoms with van der Waals surface area (Å²) < 4.78 is 36.2. The second-order valence-corrected chi connectivity index (χ2v) is 7.56. The molecule has 0 aromatic carbocycles. The van der Waals surface area contributed by atoms with Crippen molar-refractivity contribution in [1.29, 1.82) is 0 Å². The number of sulfonamides is 1. The van der Waals surface area contributed by atoms with Crippen molar-refractivity contribution in [3.8, 4) is 0 Å². The summed E-state index contributed by atoms with van der Waals surface area (Å²) in [5.74, 6) is 0.722. The molecule has 0 spiro atoms. The lowest BCUT2D eigenvalue weighted by molar-refractivity contribution is 0.0164. The summed E-state index contributed by atoms with van der Waals surface area (Å²) in [5, 5.41) is 0. The Bertz CT molecular complexity index is 543. The van der Waals surface area contributed by atoms with Gasteiger partial charge in [-0.15, -0.1) is 0 Å². The van der Waals surface area contributed by atoms with Crippen LogP contribution in [0.25, 0.3) is 0 Å². The second kappa shape index (κ2) is 5.48. The van der Waals surface area contributed by atoms with Crippen molar-refractivity contribution in [2.75, 3.05) is 32.6 Å². The Balaban J connectivity index is 1.65. The minimum atomic E-state index is -3.19. The first-order valence-corrected chi connectivity index (χ1v) is 8.69. The monoisotopic (exact) mass is 300 g/mol. The van der Waals surface area contributed by atoms with Gasteiger partial charge in [0.1, 0.15) is 0 Å². The van der Waals surface area contributed by atoms with Crippen molar-refractivity contribution in [1.82, 2.24) is 9.62 Å². The Kier molecular flexibility index (Phi) is 3.85. The molecule has 0 radical (unpaired) electrons. The molecule has 3 heterocycles. The van der Waals surface area contributed by atoms with Crippen molar-refractivity contribution in [3.63, 3.8) is 0 Å². The zero-order chi connectivity index (χ0) is 14.2. The van der Waals surface area contributed by atoms with E-state index >= 15 is 0 Å². The summed E-state index contributed by atoms with van der Waals surface area (Å²) in [6.45, 7) is 3.86. The van der Waals surface area contributed by atoms with Gasteiger partial charge >= 0.3 is 0 Å². The van der Waals surface area contributed by atoms with Gasteiger partial charge in [-0.1, -0.05) is 0 Å². The molecule has 3 atom stereocenters. The summed E-state index contributed by atoms with van der Waals surface area (Å²) in [6, 6.07) is 1.85. The van der Waals surface area contributed by atoms with Crippen LogP contribution in [-0.4, -0.2) is 51.9 Å². The predicted octanol–water partition coefficient (Wildman–Crippen LogP) is 0.276. The van der Waals surface area contributed by atoms with Crippen molar-refractivity contribution >= 4 is 10.0 Å². The molecular weight excluding hydrogens is 280 g/mol. The highest BCUT2D eigenvalue weighted by Gasteiger charge is 2.41. The molecule has 0 amide bonds. The average molecular weight is 300 g/mol. The van der Waals surface area contributed by atoms with E-state index in [1.165, 1.54) is 6.26 Å². The zero-order valence-corrected chi connectivity index (χ0v) is 12.3. The van der Waals surface area contributed by atoms with Gasteiger partial charge in [-0.2, -0.15) is 0 Å². The molecule has 1 aromatic rings. The zero-order valence-electron chi connectivity index (χ0n) is 11.5. The minimum Gasteiger partial charge on any atom is -0.472 e.